The molecule has 1 aliphatic rings. The van der Waals surface area contributed by atoms with Gasteiger partial charge in [-0.25, -0.2) is 0 Å². The number of ether oxygens (including phenoxy) is 2. The van der Waals surface area contributed by atoms with Crippen molar-refractivity contribution in [3.63, 3.8) is 0 Å². The van der Waals surface area contributed by atoms with Crippen molar-refractivity contribution in [1.29, 1.82) is 0 Å². The summed E-state index contributed by atoms with van der Waals surface area (Å²) in [5.41, 5.74) is 3.11. The largest absolute Gasteiger partial charge is 0.496 e. The maximum atomic E-state index is 12.1. The predicted octanol–water partition coefficient (Wildman–Crippen LogP) is 3.87. The minimum Gasteiger partial charge on any atom is -0.496 e. The first kappa shape index (κ1) is 15.0. The molecule has 4 rings (SSSR count). The number of carbonyl (C=O) groups is 1. The summed E-state index contributed by atoms with van der Waals surface area (Å²) < 4.78 is 12.2. The minimum absolute atomic E-state index is 0.0360. The van der Waals surface area contributed by atoms with Crippen LogP contribution in [0.2, 0.25) is 0 Å². The lowest BCUT2D eigenvalue weighted by atomic mass is 9.98. The number of hydrogen-bond donors (Lipinski definition) is 1. The van der Waals surface area contributed by atoms with Crippen molar-refractivity contribution in [3.8, 4) is 22.6 Å². The number of rotatable bonds is 3. The van der Waals surface area contributed by atoms with Gasteiger partial charge in [0.15, 0.2) is 0 Å². The van der Waals surface area contributed by atoms with Crippen molar-refractivity contribution in [2.75, 3.05) is 20.8 Å². The van der Waals surface area contributed by atoms with Gasteiger partial charge in [0.1, 0.15) is 11.5 Å². The van der Waals surface area contributed by atoms with E-state index in [0.717, 1.165) is 49.6 Å². The molecule has 0 unspecified atom stereocenters. The summed E-state index contributed by atoms with van der Waals surface area (Å²) in [5.74, 6) is 1.58. The van der Waals surface area contributed by atoms with Crippen LogP contribution in [0.4, 0.5) is 0 Å². The summed E-state index contributed by atoms with van der Waals surface area (Å²) >= 11 is 1.56. The van der Waals surface area contributed by atoms with Gasteiger partial charge in [0.25, 0.3) is 5.91 Å². The van der Waals surface area contributed by atoms with E-state index in [9.17, 15) is 4.79 Å². The maximum absolute atomic E-state index is 12.1. The van der Waals surface area contributed by atoms with Gasteiger partial charge in [-0.3, -0.25) is 4.79 Å². The highest BCUT2D eigenvalue weighted by molar-refractivity contribution is 7.21. The van der Waals surface area contributed by atoms with Gasteiger partial charge < -0.3 is 14.8 Å². The molecule has 5 heteroatoms. The quantitative estimate of drug-likeness (QED) is 0.788. The van der Waals surface area contributed by atoms with Gasteiger partial charge >= 0.3 is 0 Å². The summed E-state index contributed by atoms with van der Waals surface area (Å²) in [4.78, 5) is 12.9. The van der Waals surface area contributed by atoms with E-state index in [1.54, 1.807) is 25.6 Å². The number of benzene rings is 2. The predicted molar refractivity (Wildman–Crippen MR) is 96.4 cm³/mol. The topological polar surface area (TPSA) is 47.6 Å². The third-order valence-electron chi connectivity index (χ3n) is 4.37. The summed E-state index contributed by atoms with van der Waals surface area (Å²) in [6, 6.07) is 12.0. The van der Waals surface area contributed by atoms with Crippen LogP contribution < -0.4 is 14.8 Å². The number of methoxy groups -OCH3 is 2. The van der Waals surface area contributed by atoms with Gasteiger partial charge in [-0.1, -0.05) is 12.1 Å². The molecule has 4 nitrogen and oxygen atoms in total. The molecule has 0 spiro atoms. The van der Waals surface area contributed by atoms with E-state index in [1.807, 2.05) is 18.2 Å². The smallest absolute Gasteiger partial charge is 0.261 e. The number of amides is 1. The molecule has 1 aliphatic heterocycles. The molecular formula is C19H17NO3S. The Bertz CT molecular complexity index is 923. The van der Waals surface area contributed by atoms with Crippen molar-refractivity contribution < 1.29 is 14.3 Å². The SMILES string of the molecule is COc1cccc(OC)c1-c1ccc2sc3c(c2c1)CCNC3=O. The highest BCUT2D eigenvalue weighted by atomic mass is 32.1. The second kappa shape index (κ2) is 5.83. The summed E-state index contributed by atoms with van der Waals surface area (Å²) in [6.45, 7) is 0.694. The zero-order valence-corrected chi connectivity index (χ0v) is 14.3. The minimum atomic E-state index is 0.0360. The molecule has 1 N–H and O–H groups in total. The maximum Gasteiger partial charge on any atom is 0.261 e. The number of hydrogen-bond acceptors (Lipinski definition) is 4. The fraction of sp³-hybridized carbons (Fsp3) is 0.211. The lowest BCUT2D eigenvalue weighted by Gasteiger charge is -2.14. The van der Waals surface area contributed by atoms with Crippen LogP contribution in [0.25, 0.3) is 21.2 Å². The molecule has 2 heterocycles. The van der Waals surface area contributed by atoms with E-state index >= 15 is 0 Å². The third kappa shape index (κ3) is 2.24. The standard InChI is InChI=1S/C19H17NO3S/c1-22-14-4-3-5-15(23-2)17(14)11-6-7-16-13(10-11)12-8-9-20-19(21)18(12)24-16/h3-7,10H,8-9H2,1-2H3,(H,20,21). The van der Waals surface area contributed by atoms with Gasteiger partial charge in [0.05, 0.1) is 24.7 Å². The third-order valence-corrected chi connectivity index (χ3v) is 5.59. The second-order valence-corrected chi connectivity index (χ2v) is 6.72. The first-order valence-electron chi connectivity index (χ1n) is 7.78. The van der Waals surface area contributed by atoms with Gasteiger partial charge in [0, 0.05) is 11.2 Å². The van der Waals surface area contributed by atoms with Gasteiger partial charge in [-0.15, -0.1) is 11.3 Å². The fourth-order valence-electron chi connectivity index (χ4n) is 3.25. The lowest BCUT2D eigenvalue weighted by Crippen LogP contribution is -2.30. The Balaban J connectivity index is 1.95. The Morgan fingerprint density at radius 1 is 1.08 bits per heavy atom. The fourth-order valence-corrected chi connectivity index (χ4v) is 4.40. The molecule has 122 valence electrons. The molecular weight excluding hydrogens is 322 g/mol. The second-order valence-electron chi connectivity index (χ2n) is 5.66. The van der Waals surface area contributed by atoms with Crippen LogP contribution in [-0.4, -0.2) is 26.7 Å². The van der Waals surface area contributed by atoms with Crippen LogP contribution in [0.5, 0.6) is 11.5 Å². The molecule has 3 aromatic rings. The lowest BCUT2D eigenvalue weighted by molar-refractivity contribution is 0.0951. The van der Waals surface area contributed by atoms with Crippen molar-refractivity contribution in [2.24, 2.45) is 0 Å². The zero-order chi connectivity index (χ0) is 16.7. The van der Waals surface area contributed by atoms with E-state index in [0.29, 0.717) is 6.54 Å². The zero-order valence-electron chi connectivity index (χ0n) is 13.5. The Labute approximate surface area is 144 Å². The number of carbonyl (C=O) groups excluding carboxylic acids is 1. The van der Waals surface area contributed by atoms with E-state index in [1.165, 1.54) is 0 Å². The number of nitrogens with one attached hydrogen (secondary N) is 1. The summed E-state index contributed by atoms with van der Waals surface area (Å²) in [7, 11) is 3.32. The number of thiophene rings is 1. The van der Waals surface area contributed by atoms with Crippen LogP contribution in [0.15, 0.2) is 36.4 Å². The monoisotopic (exact) mass is 339 g/mol. The molecule has 24 heavy (non-hydrogen) atoms. The molecule has 0 radical (unpaired) electrons. The molecule has 0 saturated carbocycles. The average Bonchev–Trinajstić information content (AvgIpc) is 3.00. The van der Waals surface area contributed by atoms with E-state index < -0.39 is 0 Å². The van der Waals surface area contributed by atoms with Crippen molar-refractivity contribution in [2.45, 2.75) is 6.42 Å². The molecule has 0 atom stereocenters. The van der Waals surface area contributed by atoms with Crippen LogP contribution in [0.3, 0.4) is 0 Å². The average molecular weight is 339 g/mol. The first-order valence-corrected chi connectivity index (χ1v) is 8.59. The molecule has 1 amide bonds. The summed E-state index contributed by atoms with van der Waals surface area (Å²) in [5, 5.41) is 4.06. The van der Waals surface area contributed by atoms with Crippen LogP contribution in [-0.2, 0) is 6.42 Å². The van der Waals surface area contributed by atoms with Crippen molar-refractivity contribution in [1.82, 2.24) is 5.32 Å². The first-order chi connectivity index (χ1) is 11.7. The molecule has 0 fully saturated rings. The van der Waals surface area contributed by atoms with E-state index in [2.05, 4.69) is 23.5 Å². The highest BCUT2D eigenvalue weighted by Crippen LogP contribution is 2.41. The van der Waals surface area contributed by atoms with E-state index in [-0.39, 0.29) is 5.91 Å². The molecule has 2 aromatic carbocycles. The van der Waals surface area contributed by atoms with Gasteiger partial charge in [-0.05, 0) is 47.2 Å². The Kier molecular flexibility index (Phi) is 3.65. The Morgan fingerprint density at radius 2 is 1.83 bits per heavy atom. The van der Waals surface area contributed by atoms with Gasteiger partial charge in [-0.2, -0.15) is 0 Å². The normalized spacial score (nSPS) is 13.5. The van der Waals surface area contributed by atoms with Crippen molar-refractivity contribution >= 4 is 27.3 Å². The van der Waals surface area contributed by atoms with E-state index in [4.69, 9.17) is 9.47 Å². The van der Waals surface area contributed by atoms with Crippen LogP contribution >= 0.6 is 11.3 Å². The number of fused-ring (bicyclic) bond motifs is 3. The van der Waals surface area contributed by atoms with Gasteiger partial charge in [0.2, 0.25) is 0 Å². The highest BCUT2D eigenvalue weighted by Gasteiger charge is 2.23. The Morgan fingerprint density at radius 3 is 2.54 bits per heavy atom. The van der Waals surface area contributed by atoms with Crippen molar-refractivity contribution in [3.05, 3.63) is 46.8 Å². The Hall–Kier alpha value is -2.53. The van der Waals surface area contributed by atoms with Crippen LogP contribution in [0, 0.1) is 0 Å². The van der Waals surface area contributed by atoms with Crippen LogP contribution in [0.1, 0.15) is 15.2 Å². The molecule has 0 saturated heterocycles. The molecule has 0 bridgehead atoms. The molecule has 0 aliphatic carbocycles. The molecule has 1 aromatic heterocycles. The summed E-state index contributed by atoms with van der Waals surface area (Å²) in [6.07, 6.45) is 0.869.